The second-order valence-electron chi connectivity index (χ2n) is 8.54. The van der Waals surface area contributed by atoms with Crippen LogP contribution in [0.3, 0.4) is 0 Å². The Morgan fingerprint density at radius 2 is 1.74 bits per heavy atom. The van der Waals surface area contributed by atoms with Gasteiger partial charge in [-0.3, -0.25) is 9.69 Å². The predicted molar refractivity (Wildman–Crippen MR) is 133 cm³/mol. The van der Waals surface area contributed by atoms with Crippen LogP contribution >= 0.6 is 24.0 Å². The summed E-state index contributed by atoms with van der Waals surface area (Å²) in [6.45, 7) is 3.14. The summed E-state index contributed by atoms with van der Waals surface area (Å²) in [6.07, 6.45) is 8.73. The van der Waals surface area contributed by atoms with Crippen molar-refractivity contribution in [3.63, 3.8) is 0 Å². The number of hydrogen-bond acceptors (Lipinski definition) is 2. The maximum Gasteiger partial charge on any atom is 0.251 e. The van der Waals surface area contributed by atoms with Crippen LogP contribution in [0.1, 0.15) is 41.5 Å². The van der Waals surface area contributed by atoms with Crippen LogP contribution in [0.15, 0.2) is 53.3 Å². The van der Waals surface area contributed by atoms with Crippen LogP contribution in [0, 0.1) is 0 Å². The molecule has 3 aromatic rings. The SMILES string of the molecule is Cl.O=c1[nH]c2ccc(CCN3CC=C(c4ccc(Cl)cc4)CC3)cc2c2c1CCCC2. The van der Waals surface area contributed by atoms with Gasteiger partial charge in [-0.05, 0) is 85.1 Å². The molecular formula is C26H28Cl2N2O. The zero-order valence-corrected chi connectivity index (χ0v) is 19.2. The number of nitrogens with one attached hydrogen (secondary N) is 1. The molecule has 2 heterocycles. The van der Waals surface area contributed by atoms with Gasteiger partial charge in [0.05, 0.1) is 0 Å². The first-order valence-electron chi connectivity index (χ1n) is 11.0. The number of hydrogen-bond donors (Lipinski definition) is 1. The highest BCUT2D eigenvalue weighted by molar-refractivity contribution is 6.30. The van der Waals surface area contributed by atoms with Gasteiger partial charge < -0.3 is 4.98 Å². The van der Waals surface area contributed by atoms with Crippen LogP contribution in [0.2, 0.25) is 5.02 Å². The van der Waals surface area contributed by atoms with Gasteiger partial charge >= 0.3 is 0 Å². The number of benzene rings is 2. The Morgan fingerprint density at radius 1 is 0.968 bits per heavy atom. The van der Waals surface area contributed by atoms with Crippen molar-refractivity contribution in [2.45, 2.75) is 38.5 Å². The van der Waals surface area contributed by atoms with E-state index >= 15 is 0 Å². The van der Waals surface area contributed by atoms with Crippen molar-refractivity contribution in [1.82, 2.24) is 9.88 Å². The molecule has 2 aromatic carbocycles. The van der Waals surface area contributed by atoms with Gasteiger partial charge in [-0.1, -0.05) is 35.9 Å². The molecule has 0 bridgehead atoms. The molecule has 5 rings (SSSR count). The minimum absolute atomic E-state index is 0. The van der Waals surface area contributed by atoms with Gasteiger partial charge in [-0.15, -0.1) is 12.4 Å². The number of pyridine rings is 1. The van der Waals surface area contributed by atoms with Crippen LogP contribution in [-0.4, -0.2) is 29.5 Å². The molecule has 0 saturated heterocycles. The molecule has 1 N–H and O–H groups in total. The van der Waals surface area contributed by atoms with Crippen LogP contribution in [0.5, 0.6) is 0 Å². The van der Waals surface area contributed by atoms with E-state index in [4.69, 9.17) is 11.6 Å². The third-order valence-electron chi connectivity index (χ3n) is 6.62. The number of nitrogens with zero attached hydrogens (tertiary/aromatic N) is 1. The van der Waals surface area contributed by atoms with Crippen molar-refractivity contribution >= 4 is 40.5 Å². The van der Waals surface area contributed by atoms with Gasteiger partial charge in [0.25, 0.3) is 5.56 Å². The first-order chi connectivity index (χ1) is 14.7. The Hall–Kier alpha value is -2.07. The summed E-state index contributed by atoms with van der Waals surface area (Å²) in [6, 6.07) is 14.7. The van der Waals surface area contributed by atoms with E-state index in [1.54, 1.807) is 0 Å². The molecule has 0 radical (unpaired) electrons. The van der Waals surface area contributed by atoms with Crippen molar-refractivity contribution in [2.24, 2.45) is 0 Å². The molecule has 0 saturated carbocycles. The number of aromatic amines is 1. The molecule has 0 amide bonds. The molecule has 1 aliphatic carbocycles. The second kappa shape index (κ2) is 9.60. The fraction of sp³-hybridized carbons (Fsp3) is 0.346. The molecule has 1 aliphatic heterocycles. The monoisotopic (exact) mass is 454 g/mol. The maximum atomic E-state index is 12.4. The lowest BCUT2D eigenvalue weighted by atomic mass is 9.89. The molecule has 0 spiro atoms. The zero-order chi connectivity index (χ0) is 20.5. The summed E-state index contributed by atoms with van der Waals surface area (Å²) < 4.78 is 0. The van der Waals surface area contributed by atoms with Gasteiger partial charge in [-0.25, -0.2) is 0 Å². The summed E-state index contributed by atoms with van der Waals surface area (Å²) in [5.74, 6) is 0. The molecular weight excluding hydrogens is 427 g/mol. The predicted octanol–water partition coefficient (Wildman–Crippen LogP) is 5.81. The van der Waals surface area contributed by atoms with Crippen LogP contribution in [0.4, 0.5) is 0 Å². The molecule has 0 unspecified atom stereocenters. The van der Waals surface area contributed by atoms with Crippen LogP contribution < -0.4 is 5.56 Å². The Balaban J connectivity index is 0.00000231. The van der Waals surface area contributed by atoms with Crippen LogP contribution in [-0.2, 0) is 19.3 Å². The third-order valence-corrected chi connectivity index (χ3v) is 6.88. The lowest BCUT2D eigenvalue weighted by molar-refractivity contribution is 0.306. The lowest BCUT2D eigenvalue weighted by Gasteiger charge is -2.26. The third kappa shape index (κ3) is 4.74. The second-order valence-corrected chi connectivity index (χ2v) is 8.97. The highest BCUT2D eigenvalue weighted by Gasteiger charge is 2.17. The smallest absolute Gasteiger partial charge is 0.251 e. The highest BCUT2D eigenvalue weighted by atomic mass is 35.5. The molecule has 5 heteroatoms. The molecule has 3 nitrogen and oxygen atoms in total. The normalized spacial score (nSPS) is 16.5. The minimum Gasteiger partial charge on any atom is -0.322 e. The van der Waals surface area contributed by atoms with Gasteiger partial charge in [0, 0.05) is 41.1 Å². The van der Waals surface area contributed by atoms with E-state index in [-0.39, 0.29) is 18.0 Å². The topological polar surface area (TPSA) is 36.1 Å². The van der Waals surface area contributed by atoms with E-state index in [0.29, 0.717) is 0 Å². The first kappa shape index (κ1) is 22.1. The van der Waals surface area contributed by atoms with E-state index in [1.807, 2.05) is 12.1 Å². The molecule has 0 atom stereocenters. The van der Waals surface area contributed by atoms with E-state index in [2.05, 4.69) is 46.3 Å². The molecule has 31 heavy (non-hydrogen) atoms. The van der Waals surface area contributed by atoms with Crippen molar-refractivity contribution in [2.75, 3.05) is 19.6 Å². The average molecular weight is 455 g/mol. The maximum absolute atomic E-state index is 12.4. The Morgan fingerprint density at radius 3 is 2.48 bits per heavy atom. The van der Waals surface area contributed by atoms with Crippen molar-refractivity contribution < 1.29 is 0 Å². The summed E-state index contributed by atoms with van der Waals surface area (Å²) in [4.78, 5) is 18.0. The van der Waals surface area contributed by atoms with Gasteiger partial charge in [0.2, 0.25) is 0 Å². The van der Waals surface area contributed by atoms with E-state index < -0.39 is 0 Å². The fourth-order valence-corrected chi connectivity index (χ4v) is 5.01. The highest BCUT2D eigenvalue weighted by Crippen LogP contribution is 2.27. The van der Waals surface area contributed by atoms with Crippen LogP contribution in [0.25, 0.3) is 16.5 Å². The number of halogens is 2. The number of fused-ring (bicyclic) bond motifs is 3. The zero-order valence-electron chi connectivity index (χ0n) is 17.6. The number of aromatic nitrogens is 1. The summed E-state index contributed by atoms with van der Waals surface area (Å²) in [5, 5.41) is 2.04. The molecule has 1 aromatic heterocycles. The van der Waals surface area contributed by atoms with Gasteiger partial charge in [0.1, 0.15) is 0 Å². The first-order valence-corrected chi connectivity index (χ1v) is 11.4. The Kier molecular flexibility index (Phi) is 6.86. The quantitative estimate of drug-likeness (QED) is 0.539. The minimum atomic E-state index is 0. The Bertz CT molecular complexity index is 1160. The standard InChI is InChI=1S/C26H27ClN2O.ClH/c27-21-8-6-19(7-9-21)20-12-15-29(16-13-20)14-11-18-5-10-25-24(17-18)22-3-1-2-4-23(22)26(30)28-25;/h5-10,12,17H,1-4,11,13-16H2,(H,28,30);1H. The van der Waals surface area contributed by atoms with Crippen molar-refractivity contribution in [1.29, 1.82) is 0 Å². The van der Waals surface area contributed by atoms with E-state index in [9.17, 15) is 4.79 Å². The van der Waals surface area contributed by atoms with Gasteiger partial charge in [-0.2, -0.15) is 0 Å². The Labute approximate surface area is 194 Å². The molecule has 2 aliphatic rings. The largest absolute Gasteiger partial charge is 0.322 e. The molecule has 0 fully saturated rings. The lowest BCUT2D eigenvalue weighted by Crippen LogP contribution is -2.30. The van der Waals surface area contributed by atoms with Crippen molar-refractivity contribution in [3.05, 3.63) is 86.2 Å². The average Bonchev–Trinajstić information content (AvgIpc) is 2.79. The fourth-order valence-electron chi connectivity index (χ4n) is 4.88. The number of aryl methyl sites for hydroxylation is 1. The summed E-state index contributed by atoms with van der Waals surface area (Å²) >= 11 is 6.01. The number of H-pyrrole nitrogens is 1. The summed E-state index contributed by atoms with van der Waals surface area (Å²) in [5.41, 5.74) is 7.46. The number of rotatable bonds is 4. The van der Waals surface area contributed by atoms with Gasteiger partial charge in [0.15, 0.2) is 0 Å². The summed E-state index contributed by atoms with van der Waals surface area (Å²) in [7, 11) is 0. The van der Waals surface area contributed by atoms with E-state index in [1.165, 1.54) is 34.1 Å². The van der Waals surface area contributed by atoms with E-state index in [0.717, 1.165) is 67.8 Å². The molecule has 162 valence electrons. The van der Waals surface area contributed by atoms with Crippen molar-refractivity contribution in [3.8, 4) is 0 Å².